The van der Waals surface area contributed by atoms with Crippen LogP contribution >= 0.6 is 0 Å². The number of aryl methyl sites for hydroxylation is 1. The minimum atomic E-state index is -4.20. The Morgan fingerprint density at radius 1 is 1.04 bits per heavy atom. The first-order chi connectivity index (χ1) is 11.1. The Hall–Kier alpha value is -2.48. The first-order valence-corrected chi connectivity index (χ1v) is 8.39. The molecule has 0 fully saturated rings. The quantitative estimate of drug-likeness (QED) is 0.918. The van der Waals surface area contributed by atoms with Gasteiger partial charge in [-0.15, -0.1) is 0 Å². The summed E-state index contributed by atoms with van der Waals surface area (Å²) in [5.74, 6) is -2.29. The summed E-state index contributed by atoms with van der Waals surface area (Å²) in [6.45, 7) is 1.65. The van der Waals surface area contributed by atoms with E-state index in [1.54, 1.807) is 33.2 Å². The fraction of sp³-hybridized carbons (Fsp3) is 0.188. The first kappa shape index (κ1) is 17.9. The Morgan fingerprint density at radius 2 is 1.62 bits per heavy atom. The second-order valence-electron chi connectivity index (χ2n) is 5.44. The van der Waals surface area contributed by atoms with Gasteiger partial charge in [-0.3, -0.25) is 9.52 Å². The van der Waals surface area contributed by atoms with Crippen LogP contribution in [0.2, 0.25) is 0 Å². The van der Waals surface area contributed by atoms with Crippen molar-refractivity contribution in [2.75, 3.05) is 18.8 Å². The summed E-state index contributed by atoms with van der Waals surface area (Å²) in [5.41, 5.74) is 1.01. The minimum Gasteiger partial charge on any atom is -0.345 e. The van der Waals surface area contributed by atoms with E-state index in [0.717, 1.165) is 12.1 Å². The molecular formula is C16H16F2N2O3S. The fourth-order valence-electron chi connectivity index (χ4n) is 2.01. The predicted molar refractivity (Wildman–Crippen MR) is 86.4 cm³/mol. The number of benzene rings is 2. The minimum absolute atomic E-state index is 0.160. The molecular weight excluding hydrogens is 338 g/mol. The van der Waals surface area contributed by atoms with Crippen LogP contribution in [0.3, 0.4) is 0 Å². The standard InChI is InChI=1S/C16H16F2N2O3S/c1-10-4-5-11(16(21)20(2)3)6-15(10)19-24(22,23)14-8-12(17)7-13(18)9-14/h4-9,19H,1-3H3. The van der Waals surface area contributed by atoms with Gasteiger partial charge in [-0.25, -0.2) is 17.2 Å². The molecule has 0 aliphatic carbocycles. The molecule has 0 spiro atoms. The Bertz CT molecular complexity index is 876. The lowest BCUT2D eigenvalue weighted by Gasteiger charge is -2.14. The largest absolute Gasteiger partial charge is 0.345 e. The number of rotatable bonds is 4. The van der Waals surface area contributed by atoms with Crippen molar-refractivity contribution in [3.8, 4) is 0 Å². The normalized spacial score (nSPS) is 11.2. The van der Waals surface area contributed by atoms with Gasteiger partial charge in [-0.05, 0) is 36.8 Å². The predicted octanol–water partition coefficient (Wildman–Crippen LogP) is 2.78. The lowest BCUT2D eigenvalue weighted by molar-refractivity contribution is 0.0827. The van der Waals surface area contributed by atoms with Crippen molar-refractivity contribution < 1.29 is 22.0 Å². The average Bonchev–Trinajstić information content (AvgIpc) is 2.47. The number of carbonyl (C=O) groups excluding carboxylic acids is 1. The van der Waals surface area contributed by atoms with E-state index >= 15 is 0 Å². The molecule has 0 aromatic heterocycles. The van der Waals surface area contributed by atoms with Gasteiger partial charge >= 0.3 is 0 Å². The number of carbonyl (C=O) groups is 1. The second-order valence-corrected chi connectivity index (χ2v) is 7.12. The molecule has 2 aromatic rings. The van der Waals surface area contributed by atoms with Gasteiger partial charge in [-0.2, -0.15) is 0 Å². The zero-order chi connectivity index (χ0) is 18.1. The summed E-state index contributed by atoms with van der Waals surface area (Å²) in [4.78, 5) is 12.8. The van der Waals surface area contributed by atoms with Gasteiger partial charge in [0.2, 0.25) is 0 Å². The number of anilines is 1. The van der Waals surface area contributed by atoms with E-state index in [9.17, 15) is 22.0 Å². The molecule has 0 saturated heterocycles. The molecule has 2 aromatic carbocycles. The van der Waals surface area contributed by atoms with Crippen molar-refractivity contribution in [1.29, 1.82) is 0 Å². The lowest BCUT2D eigenvalue weighted by Crippen LogP contribution is -2.22. The lowest BCUT2D eigenvalue weighted by atomic mass is 10.1. The van der Waals surface area contributed by atoms with Crippen molar-refractivity contribution in [2.24, 2.45) is 0 Å². The highest BCUT2D eigenvalue weighted by Gasteiger charge is 2.19. The summed E-state index contributed by atoms with van der Waals surface area (Å²) in [6, 6.07) is 6.55. The fourth-order valence-corrected chi connectivity index (χ4v) is 3.17. The Labute approximate surface area is 139 Å². The van der Waals surface area contributed by atoms with Crippen LogP contribution in [0.5, 0.6) is 0 Å². The monoisotopic (exact) mass is 354 g/mol. The van der Waals surface area contributed by atoms with Gasteiger partial charge < -0.3 is 4.90 Å². The molecule has 128 valence electrons. The van der Waals surface area contributed by atoms with Crippen LogP contribution in [0.1, 0.15) is 15.9 Å². The number of hydrogen-bond acceptors (Lipinski definition) is 3. The number of sulfonamides is 1. The van der Waals surface area contributed by atoms with Gasteiger partial charge in [0.05, 0.1) is 10.6 Å². The van der Waals surface area contributed by atoms with Gasteiger partial charge in [-0.1, -0.05) is 6.07 Å². The van der Waals surface area contributed by atoms with Crippen LogP contribution < -0.4 is 4.72 Å². The summed E-state index contributed by atoms with van der Waals surface area (Å²) in [7, 11) is -1.06. The molecule has 1 N–H and O–H groups in total. The number of halogens is 2. The van der Waals surface area contributed by atoms with Crippen LogP contribution in [0.15, 0.2) is 41.3 Å². The van der Waals surface area contributed by atoms with E-state index in [1.807, 2.05) is 0 Å². The van der Waals surface area contributed by atoms with Crippen molar-refractivity contribution >= 4 is 21.6 Å². The molecule has 0 unspecified atom stereocenters. The van der Waals surface area contributed by atoms with Gasteiger partial charge in [0.25, 0.3) is 15.9 Å². The van der Waals surface area contributed by atoms with E-state index in [1.165, 1.54) is 11.0 Å². The highest BCUT2D eigenvalue weighted by atomic mass is 32.2. The number of nitrogens with zero attached hydrogens (tertiary/aromatic N) is 1. The molecule has 0 atom stereocenters. The Balaban J connectivity index is 2.42. The molecule has 1 amide bonds. The van der Waals surface area contributed by atoms with Gasteiger partial charge in [0, 0.05) is 25.7 Å². The number of nitrogens with one attached hydrogen (secondary N) is 1. The van der Waals surface area contributed by atoms with E-state index in [-0.39, 0.29) is 17.2 Å². The average molecular weight is 354 g/mol. The molecule has 0 radical (unpaired) electrons. The third-order valence-electron chi connectivity index (χ3n) is 3.28. The van der Waals surface area contributed by atoms with Crippen LogP contribution in [-0.4, -0.2) is 33.3 Å². The van der Waals surface area contributed by atoms with Crippen LogP contribution in [-0.2, 0) is 10.0 Å². The maximum Gasteiger partial charge on any atom is 0.262 e. The molecule has 8 heteroatoms. The number of hydrogen-bond donors (Lipinski definition) is 1. The molecule has 5 nitrogen and oxygen atoms in total. The van der Waals surface area contributed by atoms with E-state index < -0.39 is 26.6 Å². The van der Waals surface area contributed by atoms with E-state index in [4.69, 9.17) is 0 Å². The van der Waals surface area contributed by atoms with Gasteiger partial charge in [0.1, 0.15) is 11.6 Å². The van der Waals surface area contributed by atoms with Crippen LogP contribution in [0, 0.1) is 18.6 Å². The maximum atomic E-state index is 13.3. The Kier molecular flexibility index (Phi) is 4.88. The number of amides is 1. The highest BCUT2D eigenvalue weighted by molar-refractivity contribution is 7.92. The summed E-state index contributed by atoms with van der Waals surface area (Å²) in [6.07, 6.45) is 0. The third-order valence-corrected chi connectivity index (χ3v) is 4.63. The van der Waals surface area contributed by atoms with Crippen LogP contribution in [0.25, 0.3) is 0 Å². The summed E-state index contributed by atoms with van der Waals surface area (Å²) >= 11 is 0. The molecule has 0 aliphatic heterocycles. The zero-order valence-corrected chi connectivity index (χ0v) is 14.1. The molecule has 2 rings (SSSR count). The molecule has 0 bridgehead atoms. The molecule has 24 heavy (non-hydrogen) atoms. The second kappa shape index (κ2) is 6.56. The van der Waals surface area contributed by atoms with Crippen molar-refractivity contribution in [2.45, 2.75) is 11.8 Å². The third kappa shape index (κ3) is 3.88. The Morgan fingerprint density at radius 3 is 2.17 bits per heavy atom. The summed E-state index contributed by atoms with van der Waals surface area (Å²) in [5, 5.41) is 0. The van der Waals surface area contributed by atoms with Gasteiger partial charge in [0.15, 0.2) is 0 Å². The molecule has 0 aliphatic rings. The maximum absolute atomic E-state index is 13.3. The first-order valence-electron chi connectivity index (χ1n) is 6.91. The molecule has 0 saturated carbocycles. The molecule has 0 heterocycles. The SMILES string of the molecule is Cc1ccc(C(=O)N(C)C)cc1NS(=O)(=O)c1cc(F)cc(F)c1. The van der Waals surface area contributed by atoms with E-state index in [2.05, 4.69) is 4.72 Å². The summed E-state index contributed by atoms with van der Waals surface area (Å²) < 4.78 is 53.4. The highest BCUT2D eigenvalue weighted by Crippen LogP contribution is 2.22. The van der Waals surface area contributed by atoms with Crippen molar-refractivity contribution in [3.05, 3.63) is 59.2 Å². The topological polar surface area (TPSA) is 66.5 Å². The van der Waals surface area contributed by atoms with Crippen molar-refractivity contribution in [1.82, 2.24) is 4.90 Å². The van der Waals surface area contributed by atoms with E-state index in [0.29, 0.717) is 11.6 Å². The van der Waals surface area contributed by atoms with Crippen LogP contribution in [0.4, 0.5) is 14.5 Å². The smallest absolute Gasteiger partial charge is 0.262 e. The zero-order valence-electron chi connectivity index (χ0n) is 13.3. The van der Waals surface area contributed by atoms with Crippen molar-refractivity contribution in [3.63, 3.8) is 0 Å².